The maximum Gasteiger partial charge on any atom is 0.221 e. The molecule has 1 heterocycles. The molecule has 88 valence electrons. The standard InChI is InChI=1S/C12H13N3O2/c1-17-12-10(6-13)11(14-7-15-12)8-3-2-4-9(16)5-8/h2-5,7,16H,6,13H2,1H3. The molecule has 1 aromatic carbocycles. The third kappa shape index (κ3) is 2.19. The van der Waals surface area contributed by atoms with Gasteiger partial charge in [0.25, 0.3) is 0 Å². The maximum absolute atomic E-state index is 9.46. The molecular weight excluding hydrogens is 218 g/mol. The molecule has 5 heteroatoms. The Morgan fingerprint density at radius 3 is 2.82 bits per heavy atom. The molecule has 0 unspecified atom stereocenters. The molecule has 0 atom stereocenters. The Bertz CT molecular complexity index is 529. The molecule has 0 fully saturated rings. The van der Waals surface area contributed by atoms with Crippen molar-refractivity contribution < 1.29 is 9.84 Å². The van der Waals surface area contributed by atoms with Crippen LogP contribution in [0.5, 0.6) is 11.6 Å². The summed E-state index contributed by atoms with van der Waals surface area (Å²) in [5.74, 6) is 0.642. The van der Waals surface area contributed by atoms with Crippen molar-refractivity contribution in [1.82, 2.24) is 9.97 Å². The van der Waals surface area contributed by atoms with Gasteiger partial charge in [0.05, 0.1) is 18.4 Å². The van der Waals surface area contributed by atoms with Crippen LogP contribution in [0.2, 0.25) is 0 Å². The summed E-state index contributed by atoms with van der Waals surface area (Å²) < 4.78 is 5.13. The molecule has 0 aliphatic rings. The lowest BCUT2D eigenvalue weighted by atomic mass is 10.1. The minimum absolute atomic E-state index is 0.183. The number of aromatic hydroxyl groups is 1. The van der Waals surface area contributed by atoms with Gasteiger partial charge in [-0.1, -0.05) is 12.1 Å². The van der Waals surface area contributed by atoms with Gasteiger partial charge in [0.1, 0.15) is 12.1 Å². The van der Waals surface area contributed by atoms with Crippen LogP contribution < -0.4 is 10.5 Å². The summed E-state index contributed by atoms with van der Waals surface area (Å²) in [5.41, 5.74) is 7.86. The summed E-state index contributed by atoms with van der Waals surface area (Å²) in [5, 5.41) is 9.46. The van der Waals surface area contributed by atoms with Crippen LogP contribution in [-0.4, -0.2) is 22.2 Å². The van der Waals surface area contributed by atoms with Crippen molar-refractivity contribution in [2.75, 3.05) is 7.11 Å². The number of hydrogen-bond acceptors (Lipinski definition) is 5. The first-order valence-corrected chi connectivity index (χ1v) is 5.13. The van der Waals surface area contributed by atoms with Crippen LogP contribution in [-0.2, 0) is 6.54 Å². The smallest absolute Gasteiger partial charge is 0.221 e. The number of phenols is 1. The first kappa shape index (κ1) is 11.3. The molecular formula is C12H13N3O2. The molecule has 0 saturated heterocycles. The number of rotatable bonds is 3. The predicted octanol–water partition coefficient (Wildman–Crippen LogP) is 1.32. The first-order chi connectivity index (χ1) is 8.26. The van der Waals surface area contributed by atoms with Gasteiger partial charge in [0.15, 0.2) is 0 Å². The normalized spacial score (nSPS) is 10.2. The van der Waals surface area contributed by atoms with E-state index in [0.717, 1.165) is 11.1 Å². The third-order valence-corrected chi connectivity index (χ3v) is 2.42. The van der Waals surface area contributed by atoms with Gasteiger partial charge in [-0.05, 0) is 12.1 Å². The van der Waals surface area contributed by atoms with E-state index in [1.165, 1.54) is 13.4 Å². The number of phenolic OH excluding ortho intramolecular Hbond substituents is 1. The molecule has 17 heavy (non-hydrogen) atoms. The molecule has 1 aromatic heterocycles. The Labute approximate surface area is 98.9 Å². The second-order valence-electron chi connectivity index (χ2n) is 3.46. The van der Waals surface area contributed by atoms with E-state index < -0.39 is 0 Å². The van der Waals surface area contributed by atoms with E-state index in [1.807, 2.05) is 6.07 Å². The fourth-order valence-electron chi connectivity index (χ4n) is 1.66. The van der Waals surface area contributed by atoms with Crippen molar-refractivity contribution >= 4 is 0 Å². The Balaban J connectivity index is 2.59. The fraction of sp³-hybridized carbons (Fsp3) is 0.167. The average Bonchev–Trinajstić information content (AvgIpc) is 2.37. The summed E-state index contributed by atoms with van der Waals surface area (Å²) in [6.45, 7) is 0.273. The topological polar surface area (TPSA) is 81.3 Å². The highest BCUT2D eigenvalue weighted by Gasteiger charge is 2.12. The molecule has 2 aromatic rings. The predicted molar refractivity (Wildman–Crippen MR) is 63.6 cm³/mol. The Hall–Kier alpha value is -2.14. The van der Waals surface area contributed by atoms with E-state index in [-0.39, 0.29) is 12.3 Å². The van der Waals surface area contributed by atoms with Gasteiger partial charge in [-0.25, -0.2) is 9.97 Å². The zero-order valence-corrected chi connectivity index (χ0v) is 9.42. The molecule has 0 spiro atoms. The van der Waals surface area contributed by atoms with Crippen molar-refractivity contribution in [3.63, 3.8) is 0 Å². The van der Waals surface area contributed by atoms with E-state index in [0.29, 0.717) is 11.6 Å². The summed E-state index contributed by atoms with van der Waals surface area (Å²) in [6.07, 6.45) is 1.41. The van der Waals surface area contributed by atoms with Gasteiger partial charge in [-0.3, -0.25) is 0 Å². The summed E-state index contributed by atoms with van der Waals surface area (Å²) in [4.78, 5) is 8.19. The van der Waals surface area contributed by atoms with E-state index in [2.05, 4.69) is 9.97 Å². The number of benzene rings is 1. The molecule has 3 N–H and O–H groups in total. The van der Waals surface area contributed by atoms with Gasteiger partial charge < -0.3 is 15.6 Å². The van der Waals surface area contributed by atoms with Crippen molar-refractivity contribution in [1.29, 1.82) is 0 Å². The van der Waals surface area contributed by atoms with Crippen molar-refractivity contribution in [2.45, 2.75) is 6.54 Å². The van der Waals surface area contributed by atoms with Crippen molar-refractivity contribution in [3.8, 4) is 22.9 Å². The highest BCUT2D eigenvalue weighted by Crippen LogP contribution is 2.28. The third-order valence-electron chi connectivity index (χ3n) is 2.42. The van der Waals surface area contributed by atoms with Crippen LogP contribution in [0.1, 0.15) is 5.56 Å². The van der Waals surface area contributed by atoms with Gasteiger partial charge in [-0.15, -0.1) is 0 Å². The van der Waals surface area contributed by atoms with Crippen molar-refractivity contribution in [3.05, 3.63) is 36.2 Å². The second kappa shape index (κ2) is 4.80. The molecule has 0 aliphatic carbocycles. The van der Waals surface area contributed by atoms with Crippen LogP contribution >= 0.6 is 0 Å². The van der Waals surface area contributed by atoms with Gasteiger partial charge in [-0.2, -0.15) is 0 Å². The molecule has 2 rings (SSSR count). The lowest BCUT2D eigenvalue weighted by Gasteiger charge is -2.10. The minimum Gasteiger partial charge on any atom is -0.508 e. The van der Waals surface area contributed by atoms with Gasteiger partial charge >= 0.3 is 0 Å². The molecule has 0 aliphatic heterocycles. The Morgan fingerprint density at radius 2 is 2.18 bits per heavy atom. The number of hydrogen-bond donors (Lipinski definition) is 2. The Morgan fingerprint density at radius 1 is 1.35 bits per heavy atom. The summed E-state index contributed by atoms with van der Waals surface area (Å²) >= 11 is 0. The summed E-state index contributed by atoms with van der Waals surface area (Å²) in [6, 6.07) is 6.82. The number of nitrogens with two attached hydrogens (primary N) is 1. The molecule has 0 bridgehead atoms. The number of nitrogens with zero attached hydrogens (tertiary/aromatic N) is 2. The number of ether oxygens (including phenoxy) is 1. The minimum atomic E-state index is 0.183. The largest absolute Gasteiger partial charge is 0.508 e. The SMILES string of the molecule is COc1ncnc(-c2cccc(O)c2)c1CN. The van der Waals surface area contributed by atoms with E-state index in [4.69, 9.17) is 10.5 Å². The first-order valence-electron chi connectivity index (χ1n) is 5.13. The van der Waals surface area contributed by atoms with Crippen LogP contribution in [0.25, 0.3) is 11.3 Å². The van der Waals surface area contributed by atoms with Gasteiger partial charge in [0.2, 0.25) is 5.88 Å². The van der Waals surface area contributed by atoms with E-state index >= 15 is 0 Å². The number of methoxy groups -OCH3 is 1. The molecule has 0 radical (unpaired) electrons. The van der Waals surface area contributed by atoms with E-state index in [1.54, 1.807) is 18.2 Å². The van der Waals surface area contributed by atoms with Crippen LogP contribution in [0, 0.1) is 0 Å². The second-order valence-corrected chi connectivity index (χ2v) is 3.46. The quantitative estimate of drug-likeness (QED) is 0.832. The lowest BCUT2D eigenvalue weighted by molar-refractivity contribution is 0.391. The average molecular weight is 231 g/mol. The van der Waals surface area contributed by atoms with Crippen LogP contribution in [0.15, 0.2) is 30.6 Å². The van der Waals surface area contributed by atoms with Crippen molar-refractivity contribution in [2.24, 2.45) is 5.73 Å². The monoisotopic (exact) mass is 231 g/mol. The number of aromatic nitrogens is 2. The molecule has 0 saturated carbocycles. The highest BCUT2D eigenvalue weighted by molar-refractivity contribution is 5.66. The zero-order chi connectivity index (χ0) is 12.3. The van der Waals surface area contributed by atoms with Crippen LogP contribution in [0.3, 0.4) is 0 Å². The van der Waals surface area contributed by atoms with Gasteiger partial charge in [0, 0.05) is 12.1 Å². The lowest BCUT2D eigenvalue weighted by Crippen LogP contribution is -2.05. The van der Waals surface area contributed by atoms with Crippen LogP contribution in [0.4, 0.5) is 0 Å². The molecule has 0 amide bonds. The zero-order valence-electron chi connectivity index (χ0n) is 9.42. The maximum atomic E-state index is 9.46. The molecule has 5 nitrogen and oxygen atoms in total. The highest BCUT2D eigenvalue weighted by atomic mass is 16.5. The van der Waals surface area contributed by atoms with E-state index in [9.17, 15) is 5.11 Å². The Kier molecular flexibility index (Phi) is 3.20. The fourth-order valence-corrected chi connectivity index (χ4v) is 1.66. The summed E-state index contributed by atoms with van der Waals surface area (Å²) in [7, 11) is 1.54.